The molecule has 0 atom stereocenters. The van der Waals surface area contributed by atoms with Crippen LogP contribution in [0, 0.1) is 0 Å². The number of rotatable bonds is 6. The number of nitrogens with two attached hydrogens (primary N) is 1. The fraction of sp³-hybridized carbons (Fsp3) is 0.240. The van der Waals surface area contributed by atoms with Crippen molar-refractivity contribution in [3.05, 3.63) is 94.4 Å². The van der Waals surface area contributed by atoms with Crippen LogP contribution in [0.4, 0.5) is 5.82 Å². The molecule has 0 fully saturated rings. The first-order chi connectivity index (χ1) is 15.1. The number of pyridine rings is 2. The first kappa shape index (κ1) is 20.8. The van der Waals surface area contributed by atoms with Gasteiger partial charge in [-0.05, 0) is 36.2 Å². The quantitative estimate of drug-likeness (QED) is 0.647. The number of fused-ring (bicyclic) bond motifs is 1. The summed E-state index contributed by atoms with van der Waals surface area (Å²) >= 11 is 0. The molecule has 1 aliphatic heterocycles. The van der Waals surface area contributed by atoms with Crippen molar-refractivity contribution in [1.29, 1.82) is 0 Å². The lowest BCUT2D eigenvalue weighted by Crippen LogP contribution is -2.33. The molecule has 1 aliphatic rings. The fourth-order valence-electron chi connectivity index (χ4n) is 3.86. The van der Waals surface area contributed by atoms with E-state index in [1.807, 2.05) is 42.5 Å². The van der Waals surface area contributed by atoms with Crippen LogP contribution in [0.1, 0.15) is 39.8 Å². The number of aromatic nitrogens is 2. The second-order valence-electron chi connectivity index (χ2n) is 7.89. The van der Waals surface area contributed by atoms with Crippen molar-refractivity contribution in [2.45, 2.75) is 26.4 Å². The lowest BCUT2D eigenvalue weighted by atomic mass is 10.0. The first-order valence-electron chi connectivity index (χ1n) is 10.5. The average molecular weight is 414 g/mol. The Hall–Kier alpha value is -3.51. The number of hydrogen-bond donors (Lipinski definition) is 2. The molecule has 3 N–H and O–H groups in total. The van der Waals surface area contributed by atoms with E-state index in [1.165, 1.54) is 11.1 Å². The van der Waals surface area contributed by atoms with Gasteiger partial charge >= 0.3 is 0 Å². The minimum Gasteiger partial charge on any atom is -0.383 e. The van der Waals surface area contributed by atoms with E-state index >= 15 is 0 Å². The number of nitrogen functional groups attached to an aromatic ring is 1. The molecule has 0 aliphatic carbocycles. The third-order valence-electron chi connectivity index (χ3n) is 5.37. The molecule has 4 rings (SSSR count). The van der Waals surface area contributed by atoms with E-state index in [0.29, 0.717) is 12.1 Å². The van der Waals surface area contributed by atoms with Crippen molar-refractivity contribution in [2.24, 2.45) is 0 Å². The third kappa shape index (κ3) is 5.35. The fourth-order valence-corrected chi connectivity index (χ4v) is 3.86. The van der Waals surface area contributed by atoms with Crippen molar-refractivity contribution < 1.29 is 4.79 Å². The van der Waals surface area contributed by atoms with Gasteiger partial charge in [0, 0.05) is 37.9 Å². The number of amides is 1. The summed E-state index contributed by atoms with van der Waals surface area (Å²) in [5.74, 6) is 0.0570. The molecule has 0 bridgehead atoms. The molecule has 1 amide bonds. The normalized spacial score (nSPS) is 14.2. The summed E-state index contributed by atoms with van der Waals surface area (Å²) in [6.07, 6.45) is 4.75. The van der Waals surface area contributed by atoms with Crippen molar-refractivity contribution >= 4 is 17.8 Å². The van der Waals surface area contributed by atoms with Crippen LogP contribution < -0.4 is 11.1 Å². The largest absolute Gasteiger partial charge is 0.383 e. The monoisotopic (exact) mass is 413 g/mol. The van der Waals surface area contributed by atoms with E-state index in [2.05, 4.69) is 45.3 Å². The summed E-state index contributed by atoms with van der Waals surface area (Å²) in [6, 6.07) is 17.8. The maximum absolute atomic E-state index is 12.7. The molecule has 0 radical (unpaired) electrons. The Morgan fingerprint density at radius 1 is 1.19 bits per heavy atom. The Morgan fingerprint density at radius 2 is 2.00 bits per heavy atom. The van der Waals surface area contributed by atoms with Crippen LogP contribution in [0.5, 0.6) is 0 Å². The average Bonchev–Trinajstić information content (AvgIpc) is 2.78. The van der Waals surface area contributed by atoms with E-state index in [9.17, 15) is 4.79 Å². The molecule has 0 spiro atoms. The molecule has 6 heteroatoms. The van der Waals surface area contributed by atoms with Gasteiger partial charge < -0.3 is 11.1 Å². The summed E-state index contributed by atoms with van der Waals surface area (Å²) in [4.78, 5) is 23.8. The van der Waals surface area contributed by atoms with E-state index in [0.717, 1.165) is 43.0 Å². The molecule has 3 heterocycles. The van der Waals surface area contributed by atoms with Crippen molar-refractivity contribution in [3.8, 4) is 0 Å². The first-order valence-corrected chi connectivity index (χ1v) is 10.5. The van der Waals surface area contributed by atoms with Gasteiger partial charge in [-0.15, -0.1) is 0 Å². The molecule has 31 heavy (non-hydrogen) atoms. The van der Waals surface area contributed by atoms with E-state index in [4.69, 9.17) is 5.73 Å². The van der Waals surface area contributed by atoms with Crippen LogP contribution in [0.15, 0.2) is 66.4 Å². The summed E-state index contributed by atoms with van der Waals surface area (Å²) < 4.78 is 0. The highest BCUT2D eigenvalue weighted by Gasteiger charge is 2.21. The zero-order valence-corrected chi connectivity index (χ0v) is 17.7. The Bertz CT molecular complexity index is 1080. The van der Waals surface area contributed by atoms with Crippen LogP contribution in [0.25, 0.3) is 6.08 Å². The van der Waals surface area contributed by atoms with Gasteiger partial charge in [0.1, 0.15) is 5.82 Å². The number of nitrogens with one attached hydrogen (secondary N) is 1. The smallest absolute Gasteiger partial charge is 0.255 e. The van der Waals surface area contributed by atoms with Crippen LogP contribution in [0.3, 0.4) is 0 Å². The van der Waals surface area contributed by atoms with Gasteiger partial charge in [-0.25, -0.2) is 4.98 Å². The number of hydrogen-bond acceptors (Lipinski definition) is 5. The van der Waals surface area contributed by atoms with Crippen LogP contribution in [-0.2, 0) is 19.5 Å². The Labute approximate surface area is 182 Å². The predicted molar refractivity (Wildman–Crippen MR) is 123 cm³/mol. The third-order valence-corrected chi connectivity index (χ3v) is 5.37. The van der Waals surface area contributed by atoms with Crippen LogP contribution >= 0.6 is 0 Å². The minimum atomic E-state index is -0.226. The maximum Gasteiger partial charge on any atom is 0.255 e. The molecule has 6 nitrogen and oxygen atoms in total. The Morgan fingerprint density at radius 3 is 2.77 bits per heavy atom. The number of carbonyl (C=O) groups excluding carboxylic acids is 1. The van der Waals surface area contributed by atoms with E-state index in [1.54, 1.807) is 6.20 Å². The molecular weight excluding hydrogens is 386 g/mol. The SMILES string of the molecule is C/C(=C\c1ccccc1)CN1CCc2nc(N)c(C(=O)NCc3ccccn3)cc2C1. The van der Waals surface area contributed by atoms with Crippen LogP contribution in [0.2, 0.25) is 0 Å². The number of anilines is 1. The van der Waals surface area contributed by atoms with Crippen molar-refractivity contribution in [1.82, 2.24) is 20.2 Å². The second-order valence-corrected chi connectivity index (χ2v) is 7.89. The zero-order valence-electron chi connectivity index (χ0n) is 17.7. The van der Waals surface area contributed by atoms with Gasteiger partial charge in [0.15, 0.2) is 0 Å². The van der Waals surface area contributed by atoms with E-state index in [-0.39, 0.29) is 11.7 Å². The summed E-state index contributed by atoms with van der Waals surface area (Å²) in [5, 5.41) is 2.89. The zero-order chi connectivity index (χ0) is 21.6. The number of benzene rings is 1. The van der Waals surface area contributed by atoms with Gasteiger partial charge in [-0.1, -0.05) is 48.0 Å². The minimum absolute atomic E-state index is 0.226. The van der Waals surface area contributed by atoms with Crippen molar-refractivity contribution in [3.63, 3.8) is 0 Å². The summed E-state index contributed by atoms with van der Waals surface area (Å²) in [6.45, 7) is 5.06. The van der Waals surface area contributed by atoms with Gasteiger partial charge in [-0.3, -0.25) is 14.7 Å². The topological polar surface area (TPSA) is 84.1 Å². The Kier molecular flexibility index (Phi) is 6.38. The van der Waals surface area contributed by atoms with Gasteiger partial charge in [0.05, 0.1) is 17.8 Å². The lowest BCUT2D eigenvalue weighted by Gasteiger charge is -2.29. The van der Waals surface area contributed by atoms with Gasteiger partial charge in [-0.2, -0.15) is 0 Å². The highest BCUT2D eigenvalue weighted by molar-refractivity contribution is 5.98. The predicted octanol–water partition coefficient (Wildman–Crippen LogP) is 3.45. The number of nitrogens with zero attached hydrogens (tertiary/aromatic N) is 3. The summed E-state index contributed by atoms with van der Waals surface area (Å²) in [7, 11) is 0. The molecule has 3 aromatic rings. The molecule has 0 saturated heterocycles. The highest BCUT2D eigenvalue weighted by Crippen LogP contribution is 2.23. The standard InChI is InChI=1S/C25H27N5O/c1-18(13-19-7-3-2-4-8-19)16-30-12-10-23-20(17-30)14-22(24(26)29-23)25(31)28-15-21-9-5-6-11-27-21/h2-9,11,13-14H,10,12,15-17H2,1H3,(H2,26,29)(H,28,31)/b18-13+. The maximum atomic E-state index is 12.7. The molecular formula is C25H27N5O. The van der Waals surface area contributed by atoms with E-state index < -0.39 is 0 Å². The summed E-state index contributed by atoms with van der Waals surface area (Å²) in [5.41, 5.74) is 11.9. The highest BCUT2D eigenvalue weighted by atomic mass is 16.1. The number of carbonyl (C=O) groups is 1. The van der Waals surface area contributed by atoms with Crippen LogP contribution in [-0.4, -0.2) is 33.9 Å². The molecule has 0 saturated carbocycles. The lowest BCUT2D eigenvalue weighted by molar-refractivity contribution is 0.0950. The molecule has 158 valence electrons. The van der Waals surface area contributed by atoms with Crippen molar-refractivity contribution in [2.75, 3.05) is 18.8 Å². The molecule has 0 unspecified atom stereocenters. The molecule has 2 aromatic heterocycles. The van der Waals surface area contributed by atoms with Gasteiger partial charge in [0.25, 0.3) is 5.91 Å². The Balaban J connectivity index is 1.43. The molecule has 1 aromatic carbocycles. The second kappa shape index (κ2) is 9.53. The van der Waals surface area contributed by atoms with Gasteiger partial charge in [0.2, 0.25) is 0 Å².